The average molecular weight is 513 g/mol. The van der Waals surface area contributed by atoms with Crippen LogP contribution >= 0.6 is 11.6 Å². The second kappa shape index (κ2) is 13.6. The first-order chi connectivity index (χ1) is 18.1. The van der Waals surface area contributed by atoms with Crippen molar-refractivity contribution in [2.45, 2.75) is 19.9 Å². The third-order valence-electron chi connectivity index (χ3n) is 6.22. The van der Waals surface area contributed by atoms with Crippen molar-refractivity contribution in [2.75, 3.05) is 19.6 Å². The molecule has 4 aromatic carbocycles. The maximum atomic E-state index is 13.4. The Morgan fingerprint density at radius 2 is 1.57 bits per heavy atom. The van der Waals surface area contributed by atoms with Crippen LogP contribution in [-0.2, 0) is 6.54 Å². The summed E-state index contributed by atoms with van der Waals surface area (Å²) < 4.78 is 5.92. The Morgan fingerprint density at radius 3 is 2.19 bits per heavy atom. The molecular weight excluding hydrogens is 480 g/mol. The van der Waals surface area contributed by atoms with Crippen molar-refractivity contribution in [1.82, 2.24) is 10.2 Å². The van der Waals surface area contributed by atoms with Crippen LogP contribution in [0.3, 0.4) is 0 Å². The largest absolute Gasteiger partial charge is 0.457 e. The zero-order valence-corrected chi connectivity index (χ0v) is 21.9. The summed E-state index contributed by atoms with van der Waals surface area (Å²) in [5.74, 6) is 1.87. The summed E-state index contributed by atoms with van der Waals surface area (Å²) >= 11 is 6.03. The van der Waals surface area contributed by atoms with E-state index in [1.807, 2.05) is 102 Å². The van der Waals surface area contributed by atoms with E-state index in [0.717, 1.165) is 37.4 Å². The molecule has 0 aromatic heterocycles. The fraction of sp³-hybridized carbons (Fsp3) is 0.219. The molecule has 5 heteroatoms. The highest BCUT2D eigenvalue weighted by atomic mass is 35.5. The zero-order chi connectivity index (χ0) is 25.9. The number of amides is 1. The summed E-state index contributed by atoms with van der Waals surface area (Å²) in [6.45, 7) is 5.31. The molecule has 1 aliphatic rings. The molecule has 1 heterocycles. The Hall–Kier alpha value is -3.60. The molecule has 0 aliphatic carbocycles. The van der Waals surface area contributed by atoms with Crippen LogP contribution in [0.2, 0.25) is 5.02 Å². The van der Waals surface area contributed by atoms with Gasteiger partial charge in [0.1, 0.15) is 11.5 Å². The predicted molar refractivity (Wildman–Crippen MR) is 151 cm³/mol. The van der Waals surface area contributed by atoms with Crippen molar-refractivity contribution in [3.63, 3.8) is 0 Å². The van der Waals surface area contributed by atoms with Crippen molar-refractivity contribution in [3.8, 4) is 11.5 Å². The number of ether oxygens (including phenoxy) is 1. The number of para-hydroxylation sites is 1. The lowest BCUT2D eigenvalue weighted by molar-refractivity contribution is 0.0718. The standard InChI is InChI=1S/C25H25ClN2O2.C7H8/c26-22-11-9-19(10-12-22)17-28(18-20-13-14-27-16-20)25(29)21-5-4-8-24(15-21)30-23-6-2-1-3-7-23;1-7-5-3-2-4-6-7/h1-12,15,20,27H,13-14,16-18H2;2-6H,1H3. The summed E-state index contributed by atoms with van der Waals surface area (Å²) in [4.78, 5) is 15.4. The molecule has 1 fully saturated rings. The van der Waals surface area contributed by atoms with E-state index in [4.69, 9.17) is 16.3 Å². The normalized spacial score (nSPS) is 14.4. The van der Waals surface area contributed by atoms with Crippen molar-refractivity contribution >= 4 is 17.5 Å². The van der Waals surface area contributed by atoms with Crippen LogP contribution in [-0.4, -0.2) is 30.4 Å². The predicted octanol–water partition coefficient (Wildman–Crippen LogP) is 7.38. The maximum absolute atomic E-state index is 13.4. The summed E-state index contributed by atoms with van der Waals surface area (Å²) in [6.07, 6.45) is 1.08. The van der Waals surface area contributed by atoms with Gasteiger partial charge >= 0.3 is 0 Å². The second-order valence-electron chi connectivity index (χ2n) is 9.27. The minimum atomic E-state index is 0.00959. The minimum Gasteiger partial charge on any atom is -0.457 e. The maximum Gasteiger partial charge on any atom is 0.254 e. The number of rotatable bonds is 7. The SMILES string of the molecule is Cc1ccccc1.O=C(c1cccc(Oc2ccccc2)c1)N(Cc1ccc(Cl)cc1)CC1CCNC1. The molecule has 0 spiro atoms. The number of hydrogen-bond acceptors (Lipinski definition) is 3. The molecule has 1 saturated heterocycles. The summed E-state index contributed by atoms with van der Waals surface area (Å²) in [6, 6.07) is 34.9. The van der Waals surface area contributed by atoms with Gasteiger partial charge in [-0.3, -0.25) is 4.79 Å². The molecule has 4 aromatic rings. The van der Waals surface area contributed by atoms with E-state index in [1.54, 1.807) is 0 Å². The van der Waals surface area contributed by atoms with E-state index < -0.39 is 0 Å². The number of halogens is 1. The van der Waals surface area contributed by atoms with Gasteiger partial charge in [-0.05, 0) is 80.4 Å². The fourth-order valence-corrected chi connectivity index (χ4v) is 4.37. The van der Waals surface area contributed by atoms with Gasteiger partial charge in [-0.2, -0.15) is 0 Å². The van der Waals surface area contributed by atoms with Crippen LogP contribution in [0.25, 0.3) is 0 Å². The monoisotopic (exact) mass is 512 g/mol. The van der Waals surface area contributed by atoms with E-state index in [1.165, 1.54) is 5.56 Å². The van der Waals surface area contributed by atoms with Gasteiger partial charge in [0.05, 0.1) is 0 Å². The lowest BCUT2D eigenvalue weighted by Gasteiger charge is -2.26. The highest BCUT2D eigenvalue weighted by Gasteiger charge is 2.23. The molecule has 5 rings (SSSR count). The smallest absolute Gasteiger partial charge is 0.254 e. The lowest BCUT2D eigenvalue weighted by Crippen LogP contribution is -2.35. The molecule has 0 bridgehead atoms. The second-order valence-corrected chi connectivity index (χ2v) is 9.71. The van der Waals surface area contributed by atoms with Crippen molar-refractivity contribution in [2.24, 2.45) is 5.92 Å². The first-order valence-electron chi connectivity index (χ1n) is 12.7. The molecule has 1 unspecified atom stereocenters. The molecule has 1 aliphatic heterocycles. The molecule has 1 amide bonds. The number of hydrogen-bond donors (Lipinski definition) is 1. The third kappa shape index (κ3) is 8.49. The molecule has 4 nitrogen and oxygen atoms in total. The van der Waals surface area contributed by atoms with Crippen molar-refractivity contribution in [3.05, 3.63) is 131 Å². The Bertz CT molecular complexity index is 1240. The van der Waals surface area contributed by atoms with Crippen LogP contribution in [0.15, 0.2) is 109 Å². The first-order valence-corrected chi connectivity index (χ1v) is 13.0. The lowest BCUT2D eigenvalue weighted by atomic mass is 10.1. The minimum absolute atomic E-state index is 0.00959. The van der Waals surface area contributed by atoms with E-state index >= 15 is 0 Å². The molecule has 0 radical (unpaired) electrons. The molecule has 37 heavy (non-hydrogen) atoms. The Balaban J connectivity index is 0.000000396. The van der Waals surface area contributed by atoms with Crippen LogP contribution in [0.4, 0.5) is 0 Å². The molecular formula is C32H33ClN2O2. The van der Waals surface area contributed by atoms with Gasteiger partial charge in [0.2, 0.25) is 0 Å². The number of nitrogens with one attached hydrogen (secondary N) is 1. The van der Waals surface area contributed by atoms with E-state index in [0.29, 0.717) is 28.8 Å². The Labute approximate surface area is 224 Å². The van der Waals surface area contributed by atoms with Gasteiger partial charge in [-0.15, -0.1) is 0 Å². The third-order valence-corrected chi connectivity index (χ3v) is 6.47. The molecule has 190 valence electrons. The van der Waals surface area contributed by atoms with Crippen LogP contribution in [0.1, 0.15) is 27.9 Å². The quantitative estimate of drug-likeness (QED) is 0.281. The van der Waals surface area contributed by atoms with Gasteiger partial charge in [-0.25, -0.2) is 0 Å². The van der Waals surface area contributed by atoms with Gasteiger partial charge in [0.15, 0.2) is 0 Å². The Morgan fingerprint density at radius 1 is 0.892 bits per heavy atom. The summed E-state index contributed by atoms with van der Waals surface area (Å²) in [5.41, 5.74) is 3.02. The topological polar surface area (TPSA) is 41.6 Å². The highest BCUT2D eigenvalue weighted by Crippen LogP contribution is 2.24. The van der Waals surface area contributed by atoms with E-state index in [2.05, 4.69) is 24.4 Å². The summed E-state index contributed by atoms with van der Waals surface area (Å²) in [7, 11) is 0. The average Bonchev–Trinajstić information content (AvgIpc) is 3.44. The number of nitrogens with zero attached hydrogens (tertiary/aromatic N) is 1. The fourth-order valence-electron chi connectivity index (χ4n) is 4.25. The van der Waals surface area contributed by atoms with Crippen LogP contribution in [0.5, 0.6) is 11.5 Å². The van der Waals surface area contributed by atoms with Crippen LogP contribution < -0.4 is 10.1 Å². The first kappa shape index (κ1) is 26.5. The number of carbonyl (C=O) groups excluding carboxylic acids is 1. The van der Waals surface area contributed by atoms with Crippen molar-refractivity contribution < 1.29 is 9.53 Å². The van der Waals surface area contributed by atoms with E-state index in [9.17, 15) is 4.79 Å². The Kier molecular flexibility index (Phi) is 9.75. The molecule has 1 N–H and O–H groups in total. The molecule has 1 atom stereocenters. The summed E-state index contributed by atoms with van der Waals surface area (Å²) in [5, 5.41) is 4.09. The van der Waals surface area contributed by atoms with Gasteiger partial charge in [0.25, 0.3) is 5.91 Å². The van der Waals surface area contributed by atoms with Gasteiger partial charge in [-0.1, -0.05) is 83.9 Å². The number of benzene rings is 4. The molecule has 0 saturated carbocycles. The highest BCUT2D eigenvalue weighted by molar-refractivity contribution is 6.30. The number of aryl methyl sites for hydroxylation is 1. The number of carbonyl (C=O) groups is 1. The van der Waals surface area contributed by atoms with Gasteiger partial charge < -0.3 is 15.0 Å². The van der Waals surface area contributed by atoms with Crippen molar-refractivity contribution in [1.29, 1.82) is 0 Å². The van der Waals surface area contributed by atoms with E-state index in [-0.39, 0.29) is 5.91 Å². The van der Waals surface area contributed by atoms with Gasteiger partial charge in [0, 0.05) is 23.7 Å². The van der Waals surface area contributed by atoms with Crippen LogP contribution in [0, 0.1) is 12.8 Å². The zero-order valence-electron chi connectivity index (χ0n) is 21.1.